The second kappa shape index (κ2) is 8.21. The minimum absolute atomic E-state index is 0.0306. The van der Waals surface area contributed by atoms with Crippen LogP contribution in [0.2, 0.25) is 0 Å². The maximum atomic E-state index is 12.2. The fourth-order valence-electron chi connectivity index (χ4n) is 2.45. The molecule has 3 atom stereocenters. The Morgan fingerprint density at radius 2 is 2.16 bits per heavy atom. The molecule has 134 valence electrons. The summed E-state index contributed by atoms with van der Waals surface area (Å²) >= 11 is 0. The lowest BCUT2D eigenvalue weighted by atomic mass is 9.92. The smallest absolute Gasteiger partial charge is 0.228 e. The highest BCUT2D eigenvalue weighted by Gasteiger charge is 2.17. The van der Waals surface area contributed by atoms with E-state index in [9.17, 15) is 4.79 Å². The summed E-state index contributed by atoms with van der Waals surface area (Å²) in [6, 6.07) is 0.0306. The van der Waals surface area contributed by atoms with Crippen molar-refractivity contribution in [3.8, 4) is 0 Å². The SMILES string of the molecule is CCC(C)C(=O)Nc1ncc(C2=CC(C)C(N)C=C2)nc1C=C(C)C. The molecule has 0 spiro atoms. The first-order valence-corrected chi connectivity index (χ1v) is 8.80. The first-order chi connectivity index (χ1) is 11.8. The maximum absolute atomic E-state index is 12.2. The molecule has 0 saturated carbocycles. The maximum Gasteiger partial charge on any atom is 0.228 e. The molecule has 1 aromatic heterocycles. The summed E-state index contributed by atoms with van der Waals surface area (Å²) in [5.74, 6) is 0.649. The third-order valence-corrected chi connectivity index (χ3v) is 4.37. The largest absolute Gasteiger partial charge is 0.324 e. The van der Waals surface area contributed by atoms with E-state index in [-0.39, 0.29) is 23.8 Å². The number of rotatable bonds is 5. The van der Waals surface area contributed by atoms with Gasteiger partial charge in [0, 0.05) is 12.0 Å². The van der Waals surface area contributed by atoms with E-state index in [1.54, 1.807) is 6.20 Å². The van der Waals surface area contributed by atoms with Crippen molar-refractivity contribution in [2.75, 3.05) is 5.32 Å². The Morgan fingerprint density at radius 3 is 2.76 bits per heavy atom. The van der Waals surface area contributed by atoms with E-state index in [4.69, 9.17) is 10.7 Å². The fraction of sp³-hybridized carbons (Fsp3) is 0.450. The van der Waals surface area contributed by atoms with Crippen LogP contribution in [0.1, 0.15) is 52.4 Å². The van der Waals surface area contributed by atoms with Crippen LogP contribution in [0.15, 0.2) is 30.0 Å². The quantitative estimate of drug-likeness (QED) is 0.854. The van der Waals surface area contributed by atoms with Gasteiger partial charge < -0.3 is 11.1 Å². The van der Waals surface area contributed by atoms with Crippen molar-refractivity contribution in [2.24, 2.45) is 17.6 Å². The highest BCUT2D eigenvalue weighted by molar-refractivity contribution is 5.93. The Hall–Kier alpha value is -2.27. The zero-order valence-electron chi connectivity index (χ0n) is 15.7. The predicted molar refractivity (Wildman–Crippen MR) is 104 cm³/mol. The van der Waals surface area contributed by atoms with Gasteiger partial charge in [-0.2, -0.15) is 0 Å². The van der Waals surface area contributed by atoms with Gasteiger partial charge in [-0.3, -0.25) is 4.79 Å². The monoisotopic (exact) mass is 340 g/mol. The first-order valence-electron chi connectivity index (χ1n) is 8.80. The Bertz CT molecular complexity index is 729. The van der Waals surface area contributed by atoms with E-state index in [0.717, 1.165) is 23.3 Å². The van der Waals surface area contributed by atoms with E-state index in [1.807, 2.05) is 45.9 Å². The molecule has 3 unspecified atom stereocenters. The van der Waals surface area contributed by atoms with Gasteiger partial charge in [-0.05, 0) is 37.8 Å². The molecule has 2 rings (SSSR count). The molecular weight excluding hydrogens is 312 g/mol. The molecule has 1 aliphatic rings. The van der Waals surface area contributed by atoms with Crippen molar-refractivity contribution < 1.29 is 4.79 Å². The van der Waals surface area contributed by atoms with Gasteiger partial charge in [0.15, 0.2) is 5.82 Å². The van der Waals surface area contributed by atoms with Crippen molar-refractivity contribution in [3.63, 3.8) is 0 Å². The predicted octanol–water partition coefficient (Wildman–Crippen LogP) is 3.80. The number of nitrogens with one attached hydrogen (secondary N) is 1. The zero-order valence-corrected chi connectivity index (χ0v) is 15.7. The van der Waals surface area contributed by atoms with Gasteiger partial charge in [0.1, 0.15) is 5.69 Å². The number of aromatic nitrogens is 2. The van der Waals surface area contributed by atoms with Gasteiger partial charge in [0.25, 0.3) is 0 Å². The Balaban J connectivity index is 2.38. The molecule has 5 heteroatoms. The van der Waals surface area contributed by atoms with E-state index in [2.05, 4.69) is 23.3 Å². The van der Waals surface area contributed by atoms with Crippen LogP contribution in [-0.4, -0.2) is 21.9 Å². The number of nitrogens with two attached hydrogens (primary N) is 1. The summed E-state index contributed by atoms with van der Waals surface area (Å²) < 4.78 is 0. The van der Waals surface area contributed by atoms with E-state index >= 15 is 0 Å². The molecule has 5 nitrogen and oxygen atoms in total. The fourth-order valence-corrected chi connectivity index (χ4v) is 2.45. The van der Waals surface area contributed by atoms with Crippen molar-refractivity contribution in [1.82, 2.24) is 9.97 Å². The van der Waals surface area contributed by atoms with Gasteiger partial charge in [0.05, 0.1) is 11.9 Å². The van der Waals surface area contributed by atoms with E-state index in [0.29, 0.717) is 11.5 Å². The molecule has 0 aromatic carbocycles. The van der Waals surface area contributed by atoms with Gasteiger partial charge in [0.2, 0.25) is 5.91 Å². The summed E-state index contributed by atoms with van der Waals surface area (Å²) in [5, 5.41) is 2.90. The minimum Gasteiger partial charge on any atom is -0.324 e. The molecule has 1 aromatic rings. The van der Waals surface area contributed by atoms with Gasteiger partial charge in [-0.25, -0.2) is 9.97 Å². The molecule has 0 bridgehead atoms. The third-order valence-electron chi connectivity index (χ3n) is 4.37. The number of carbonyl (C=O) groups excluding carboxylic acids is 1. The van der Waals surface area contributed by atoms with Gasteiger partial charge >= 0.3 is 0 Å². The van der Waals surface area contributed by atoms with Gasteiger partial charge in [-0.1, -0.05) is 44.6 Å². The van der Waals surface area contributed by atoms with Crippen molar-refractivity contribution in [1.29, 1.82) is 0 Å². The Labute approximate surface area is 150 Å². The second-order valence-electron chi connectivity index (χ2n) is 6.93. The van der Waals surface area contributed by atoms with Crippen LogP contribution in [0.25, 0.3) is 11.6 Å². The molecule has 1 amide bonds. The number of allylic oxidation sites excluding steroid dienone is 3. The van der Waals surface area contributed by atoms with Crippen LogP contribution in [0.3, 0.4) is 0 Å². The van der Waals surface area contributed by atoms with Crippen LogP contribution in [0.5, 0.6) is 0 Å². The Morgan fingerprint density at radius 1 is 1.44 bits per heavy atom. The summed E-state index contributed by atoms with van der Waals surface area (Å²) in [7, 11) is 0. The lowest BCUT2D eigenvalue weighted by Crippen LogP contribution is -2.26. The summed E-state index contributed by atoms with van der Waals surface area (Å²) in [6.45, 7) is 9.97. The molecule has 0 fully saturated rings. The number of nitrogens with zero attached hydrogens (tertiary/aromatic N) is 2. The molecule has 1 heterocycles. The van der Waals surface area contributed by atoms with Crippen LogP contribution in [-0.2, 0) is 4.79 Å². The number of anilines is 1. The second-order valence-corrected chi connectivity index (χ2v) is 6.93. The summed E-state index contributed by atoms with van der Waals surface area (Å²) in [4.78, 5) is 21.4. The molecule has 0 radical (unpaired) electrons. The highest BCUT2D eigenvalue weighted by atomic mass is 16.1. The topological polar surface area (TPSA) is 80.9 Å². The number of amides is 1. The molecule has 0 saturated heterocycles. The lowest BCUT2D eigenvalue weighted by molar-refractivity contribution is -0.119. The summed E-state index contributed by atoms with van der Waals surface area (Å²) in [5.41, 5.74) is 9.56. The number of hydrogen-bond acceptors (Lipinski definition) is 4. The van der Waals surface area contributed by atoms with Crippen molar-refractivity contribution >= 4 is 23.4 Å². The van der Waals surface area contributed by atoms with Crippen LogP contribution in [0.4, 0.5) is 5.82 Å². The van der Waals surface area contributed by atoms with E-state index < -0.39 is 0 Å². The lowest BCUT2D eigenvalue weighted by Gasteiger charge is -2.19. The molecule has 1 aliphatic carbocycles. The third kappa shape index (κ3) is 4.86. The standard InChI is InChI=1S/C20H28N4O/c1-6-13(4)20(25)24-19-17(9-12(2)3)23-18(11-22-19)15-7-8-16(21)14(5)10-15/h7-11,13-14,16H,6,21H2,1-5H3,(H,22,24,25). The molecular formula is C20H28N4O. The van der Waals surface area contributed by atoms with E-state index in [1.165, 1.54) is 0 Å². The molecule has 25 heavy (non-hydrogen) atoms. The van der Waals surface area contributed by atoms with Crippen molar-refractivity contribution in [2.45, 2.75) is 47.1 Å². The molecule has 3 N–H and O–H groups in total. The highest BCUT2D eigenvalue weighted by Crippen LogP contribution is 2.25. The number of hydrogen-bond donors (Lipinski definition) is 2. The first kappa shape index (κ1) is 19.1. The van der Waals surface area contributed by atoms with Crippen LogP contribution in [0, 0.1) is 11.8 Å². The summed E-state index contributed by atoms with van der Waals surface area (Å²) in [6.07, 6.45) is 10.5. The van der Waals surface area contributed by atoms with Crippen LogP contribution >= 0.6 is 0 Å². The average molecular weight is 340 g/mol. The Kier molecular flexibility index (Phi) is 6.26. The normalized spacial score (nSPS) is 20.6. The minimum atomic E-state index is -0.0626. The van der Waals surface area contributed by atoms with Crippen LogP contribution < -0.4 is 11.1 Å². The van der Waals surface area contributed by atoms with Crippen molar-refractivity contribution in [3.05, 3.63) is 41.4 Å². The average Bonchev–Trinajstić information content (AvgIpc) is 2.57. The zero-order chi connectivity index (χ0) is 18.6. The number of carbonyl (C=O) groups is 1. The molecule has 0 aliphatic heterocycles. The van der Waals surface area contributed by atoms with Gasteiger partial charge in [-0.15, -0.1) is 0 Å².